The van der Waals surface area contributed by atoms with Crippen molar-refractivity contribution < 1.29 is 0 Å². The lowest BCUT2D eigenvalue weighted by Gasteiger charge is -2.05. The van der Waals surface area contributed by atoms with E-state index in [1.165, 1.54) is 16.0 Å². The lowest BCUT2D eigenvalue weighted by atomic mass is 10.1. The first-order chi connectivity index (χ1) is 11.6. The first-order valence-corrected chi connectivity index (χ1v) is 9.35. The topological polar surface area (TPSA) is 24.9 Å². The first kappa shape index (κ1) is 17.4. The van der Waals surface area contributed by atoms with E-state index in [0.29, 0.717) is 5.02 Å². The Morgan fingerprint density at radius 2 is 1.88 bits per heavy atom. The van der Waals surface area contributed by atoms with Crippen LogP contribution in [-0.4, -0.2) is 11.5 Å². The minimum absolute atomic E-state index is 0.670. The molecule has 0 atom stereocenters. The fourth-order valence-electron chi connectivity index (χ4n) is 2.39. The number of nitrogens with zero attached hydrogens (tertiary/aromatic N) is 1. The second-order valence-electron chi connectivity index (χ2n) is 5.65. The molecule has 0 fully saturated rings. The highest BCUT2D eigenvalue weighted by Gasteiger charge is 2.05. The molecule has 24 heavy (non-hydrogen) atoms. The van der Waals surface area contributed by atoms with Gasteiger partial charge in [0.15, 0.2) is 0 Å². The summed E-state index contributed by atoms with van der Waals surface area (Å²) in [7, 11) is 0. The minimum atomic E-state index is 0.670. The van der Waals surface area contributed by atoms with Crippen molar-refractivity contribution in [2.75, 3.05) is 6.54 Å². The molecule has 3 rings (SSSR count). The Hall–Kier alpha value is -1.39. The van der Waals surface area contributed by atoms with Crippen LogP contribution in [0.15, 0.2) is 48.7 Å². The highest BCUT2D eigenvalue weighted by molar-refractivity contribution is 7.15. The van der Waals surface area contributed by atoms with E-state index in [1.54, 1.807) is 17.4 Å². The van der Waals surface area contributed by atoms with Crippen LogP contribution in [0.4, 0.5) is 0 Å². The van der Waals surface area contributed by atoms with E-state index >= 15 is 0 Å². The molecule has 124 valence electrons. The summed E-state index contributed by atoms with van der Waals surface area (Å²) in [5, 5.41) is 5.90. The van der Waals surface area contributed by atoms with Crippen LogP contribution in [0.3, 0.4) is 0 Å². The first-order valence-electron chi connectivity index (χ1n) is 7.78. The van der Waals surface area contributed by atoms with Crippen LogP contribution in [0, 0.1) is 6.92 Å². The summed E-state index contributed by atoms with van der Waals surface area (Å²) in [6.45, 7) is 3.71. The Morgan fingerprint density at radius 1 is 1.08 bits per heavy atom. The summed E-state index contributed by atoms with van der Waals surface area (Å²) in [6, 6.07) is 14.2. The molecule has 5 heteroatoms. The van der Waals surface area contributed by atoms with Crippen molar-refractivity contribution in [1.82, 2.24) is 10.3 Å². The molecule has 0 saturated carbocycles. The smallest absolute Gasteiger partial charge is 0.107 e. The van der Waals surface area contributed by atoms with E-state index < -0.39 is 0 Å². The van der Waals surface area contributed by atoms with Gasteiger partial charge in [-0.05, 0) is 43.1 Å². The number of aryl methyl sites for hydroxylation is 1. The number of thiazole rings is 1. The number of halogens is 2. The molecular weight excluding hydrogens is 359 g/mol. The molecular formula is C19H18Cl2N2S. The minimum Gasteiger partial charge on any atom is -0.310 e. The predicted octanol–water partition coefficient (Wildman–Crippen LogP) is 5.76. The van der Waals surface area contributed by atoms with Crippen LogP contribution in [-0.2, 0) is 13.0 Å². The van der Waals surface area contributed by atoms with Crippen molar-refractivity contribution in [2.24, 2.45) is 0 Å². The summed E-state index contributed by atoms with van der Waals surface area (Å²) in [6.07, 6.45) is 2.81. The second kappa shape index (κ2) is 8.13. The summed E-state index contributed by atoms with van der Waals surface area (Å²) >= 11 is 13.8. The van der Waals surface area contributed by atoms with Crippen LogP contribution < -0.4 is 5.32 Å². The maximum absolute atomic E-state index is 6.19. The zero-order valence-electron chi connectivity index (χ0n) is 13.4. The molecule has 0 saturated heterocycles. The van der Waals surface area contributed by atoms with Gasteiger partial charge in [0.2, 0.25) is 0 Å². The van der Waals surface area contributed by atoms with Crippen molar-refractivity contribution in [3.63, 3.8) is 0 Å². The molecule has 0 aliphatic heterocycles. The average Bonchev–Trinajstić information content (AvgIpc) is 3.03. The quantitative estimate of drug-likeness (QED) is 0.553. The van der Waals surface area contributed by atoms with Gasteiger partial charge in [0.25, 0.3) is 0 Å². The Morgan fingerprint density at radius 3 is 2.62 bits per heavy atom. The Balaban J connectivity index is 1.51. The van der Waals surface area contributed by atoms with Gasteiger partial charge in [0, 0.05) is 22.8 Å². The standard InChI is InChI=1S/C19H18Cl2N2S/c1-13-2-4-15(5-3-13)18-11-23-19(24-18)12-22-9-8-14-6-7-16(20)10-17(14)21/h2-7,10-11,22H,8-9,12H2,1H3. The van der Waals surface area contributed by atoms with E-state index in [4.69, 9.17) is 23.2 Å². The van der Waals surface area contributed by atoms with Crippen molar-refractivity contribution in [3.05, 3.63) is 74.8 Å². The highest BCUT2D eigenvalue weighted by atomic mass is 35.5. The Bertz CT molecular complexity index is 812. The summed E-state index contributed by atoms with van der Waals surface area (Å²) in [4.78, 5) is 5.70. The fraction of sp³-hybridized carbons (Fsp3) is 0.211. The third-order valence-electron chi connectivity index (χ3n) is 3.75. The van der Waals surface area contributed by atoms with Crippen molar-refractivity contribution >= 4 is 34.5 Å². The number of rotatable bonds is 6. The number of nitrogens with one attached hydrogen (secondary N) is 1. The van der Waals surface area contributed by atoms with E-state index in [0.717, 1.165) is 35.1 Å². The lowest BCUT2D eigenvalue weighted by Crippen LogP contribution is -2.16. The average molecular weight is 377 g/mol. The van der Waals surface area contributed by atoms with Crippen LogP contribution in [0.2, 0.25) is 10.0 Å². The Kier molecular flexibility index (Phi) is 5.90. The van der Waals surface area contributed by atoms with E-state index in [2.05, 4.69) is 41.5 Å². The zero-order chi connectivity index (χ0) is 16.9. The molecule has 0 aliphatic rings. The number of hydrogen-bond donors (Lipinski definition) is 1. The number of hydrogen-bond acceptors (Lipinski definition) is 3. The molecule has 0 aliphatic carbocycles. The van der Waals surface area contributed by atoms with Crippen LogP contribution >= 0.6 is 34.5 Å². The van der Waals surface area contributed by atoms with Gasteiger partial charge in [-0.3, -0.25) is 0 Å². The summed E-state index contributed by atoms with van der Waals surface area (Å²) in [5.41, 5.74) is 3.59. The van der Waals surface area contributed by atoms with Crippen molar-refractivity contribution in [2.45, 2.75) is 19.9 Å². The van der Waals surface area contributed by atoms with Gasteiger partial charge < -0.3 is 5.32 Å². The van der Waals surface area contributed by atoms with Gasteiger partial charge in [-0.15, -0.1) is 11.3 Å². The molecule has 1 aromatic heterocycles. The summed E-state index contributed by atoms with van der Waals surface area (Å²) in [5.74, 6) is 0. The predicted molar refractivity (Wildman–Crippen MR) is 104 cm³/mol. The maximum Gasteiger partial charge on any atom is 0.107 e. The molecule has 0 amide bonds. The maximum atomic E-state index is 6.19. The normalized spacial score (nSPS) is 11.0. The molecule has 2 nitrogen and oxygen atoms in total. The largest absolute Gasteiger partial charge is 0.310 e. The molecule has 1 N–H and O–H groups in total. The molecule has 0 unspecified atom stereocenters. The van der Waals surface area contributed by atoms with Gasteiger partial charge in [-0.2, -0.15) is 0 Å². The van der Waals surface area contributed by atoms with Crippen LogP contribution in [0.5, 0.6) is 0 Å². The van der Waals surface area contributed by atoms with E-state index in [9.17, 15) is 0 Å². The Labute approximate surface area is 156 Å². The third kappa shape index (κ3) is 4.58. The van der Waals surface area contributed by atoms with Gasteiger partial charge in [-0.25, -0.2) is 4.98 Å². The fourth-order valence-corrected chi connectivity index (χ4v) is 3.78. The van der Waals surface area contributed by atoms with Crippen LogP contribution in [0.1, 0.15) is 16.1 Å². The highest BCUT2D eigenvalue weighted by Crippen LogP contribution is 2.26. The second-order valence-corrected chi connectivity index (χ2v) is 7.61. The van der Waals surface area contributed by atoms with Crippen molar-refractivity contribution in [3.8, 4) is 10.4 Å². The lowest BCUT2D eigenvalue weighted by molar-refractivity contribution is 0.684. The van der Waals surface area contributed by atoms with Gasteiger partial charge in [0.05, 0.1) is 4.88 Å². The SMILES string of the molecule is Cc1ccc(-c2cnc(CNCCc3ccc(Cl)cc3Cl)s2)cc1. The van der Waals surface area contributed by atoms with Crippen molar-refractivity contribution in [1.29, 1.82) is 0 Å². The van der Waals surface area contributed by atoms with Gasteiger partial charge >= 0.3 is 0 Å². The van der Waals surface area contributed by atoms with E-state index in [-0.39, 0.29) is 0 Å². The number of benzene rings is 2. The van der Waals surface area contributed by atoms with Gasteiger partial charge in [0.1, 0.15) is 5.01 Å². The molecule has 3 aromatic rings. The molecule has 0 radical (unpaired) electrons. The van der Waals surface area contributed by atoms with E-state index in [1.807, 2.05) is 18.3 Å². The number of aromatic nitrogens is 1. The third-order valence-corrected chi connectivity index (χ3v) is 5.39. The molecule has 1 heterocycles. The monoisotopic (exact) mass is 376 g/mol. The molecule has 0 bridgehead atoms. The zero-order valence-corrected chi connectivity index (χ0v) is 15.7. The van der Waals surface area contributed by atoms with Gasteiger partial charge in [-0.1, -0.05) is 59.1 Å². The van der Waals surface area contributed by atoms with Crippen LogP contribution in [0.25, 0.3) is 10.4 Å². The summed E-state index contributed by atoms with van der Waals surface area (Å²) < 4.78 is 0. The molecule has 2 aromatic carbocycles. The molecule has 0 spiro atoms.